The zero-order chi connectivity index (χ0) is 23.8. The lowest BCUT2D eigenvalue weighted by Crippen LogP contribution is -2.47. The summed E-state index contributed by atoms with van der Waals surface area (Å²) in [6, 6.07) is 22.1. The summed E-state index contributed by atoms with van der Waals surface area (Å²) in [6.07, 6.45) is 2.07. The van der Waals surface area contributed by atoms with Crippen molar-refractivity contribution in [1.82, 2.24) is 20.9 Å². The van der Waals surface area contributed by atoms with Crippen molar-refractivity contribution >= 4 is 22.8 Å². The van der Waals surface area contributed by atoms with Crippen molar-refractivity contribution in [3.05, 3.63) is 77.9 Å². The quantitative estimate of drug-likeness (QED) is 0.317. The third-order valence-electron chi connectivity index (χ3n) is 6.42. The van der Waals surface area contributed by atoms with Crippen molar-refractivity contribution in [1.29, 1.82) is 5.41 Å². The van der Waals surface area contributed by atoms with E-state index >= 15 is 0 Å². The molecule has 0 atom stereocenters. The van der Waals surface area contributed by atoms with E-state index < -0.39 is 0 Å². The number of amides is 2. The van der Waals surface area contributed by atoms with Crippen LogP contribution in [0.4, 0.5) is 4.79 Å². The molecule has 2 amide bonds. The molecule has 1 aliphatic rings. The highest BCUT2D eigenvalue weighted by atomic mass is 16.5. The number of nitrogens with zero attached hydrogens (tertiary/aromatic N) is 1. The number of rotatable bonds is 7. The minimum Gasteiger partial charge on any atom is -0.496 e. The number of piperidine rings is 1. The van der Waals surface area contributed by atoms with Crippen LogP contribution in [0.3, 0.4) is 0 Å². The van der Waals surface area contributed by atoms with Crippen molar-refractivity contribution in [2.45, 2.75) is 25.9 Å². The zero-order valence-electron chi connectivity index (χ0n) is 19.6. The summed E-state index contributed by atoms with van der Waals surface area (Å²) in [6.45, 7) is 3.96. The van der Waals surface area contributed by atoms with Crippen LogP contribution in [-0.4, -0.2) is 43.6 Å². The van der Waals surface area contributed by atoms with E-state index in [9.17, 15) is 4.79 Å². The smallest absolute Gasteiger partial charge is 0.321 e. The zero-order valence-corrected chi connectivity index (χ0v) is 19.6. The number of fused-ring (bicyclic) bond motifs is 1. The van der Waals surface area contributed by atoms with Crippen LogP contribution in [0.15, 0.2) is 66.7 Å². The first kappa shape index (κ1) is 23.6. The Bertz CT molecular complexity index is 1120. The fraction of sp³-hybridized carbons (Fsp3) is 0.333. The van der Waals surface area contributed by atoms with Gasteiger partial charge in [-0.2, -0.15) is 0 Å². The van der Waals surface area contributed by atoms with E-state index in [1.165, 1.54) is 5.56 Å². The molecule has 1 fully saturated rings. The van der Waals surface area contributed by atoms with Crippen molar-refractivity contribution in [3.63, 3.8) is 0 Å². The minimum absolute atomic E-state index is 0.00272. The first-order valence-corrected chi connectivity index (χ1v) is 11.8. The van der Waals surface area contributed by atoms with Gasteiger partial charge in [-0.1, -0.05) is 60.7 Å². The average molecular weight is 460 g/mol. The first-order valence-electron chi connectivity index (χ1n) is 11.8. The maximum Gasteiger partial charge on any atom is 0.321 e. The van der Waals surface area contributed by atoms with Crippen LogP contribution in [0.1, 0.15) is 24.0 Å². The molecular formula is C27H33N5O2. The Balaban J connectivity index is 1.16. The van der Waals surface area contributed by atoms with Crippen molar-refractivity contribution in [3.8, 4) is 5.75 Å². The fourth-order valence-electron chi connectivity index (χ4n) is 4.49. The van der Waals surface area contributed by atoms with Gasteiger partial charge in [0, 0.05) is 25.2 Å². The van der Waals surface area contributed by atoms with Crippen molar-refractivity contribution in [2.75, 3.05) is 26.7 Å². The van der Waals surface area contributed by atoms with Gasteiger partial charge in [0.15, 0.2) is 5.96 Å². The Morgan fingerprint density at radius 2 is 1.68 bits per heavy atom. The maximum atomic E-state index is 12.3. The van der Waals surface area contributed by atoms with E-state index in [-0.39, 0.29) is 12.0 Å². The van der Waals surface area contributed by atoms with E-state index in [1.807, 2.05) is 42.5 Å². The molecule has 0 spiro atoms. The molecule has 7 heteroatoms. The summed E-state index contributed by atoms with van der Waals surface area (Å²) in [4.78, 5) is 14.7. The number of carbonyl (C=O) groups is 1. The van der Waals surface area contributed by atoms with Gasteiger partial charge < -0.3 is 15.4 Å². The molecule has 7 nitrogen and oxygen atoms in total. The second-order valence-electron chi connectivity index (χ2n) is 8.73. The summed E-state index contributed by atoms with van der Waals surface area (Å²) in [5.74, 6) is 1.37. The molecule has 0 saturated carbocycles. The van der Waals surface area contributed by atoms with E-state index in [0.29, 0.717) is 19.0 Å². The largest absolute Gasteiger partial charge is 0.496 e. The van der Waals surface area contributed by atoms with Crippen LogP contribution >= 0.6 is 0 Å². The fourth-order valence-corrected chi connectivity index (χ4v) is 4.49. The number of likely N-dealkylation sites (tertiary alicyclic amines) is 1. The Morgan fingerprint density at radius 3 is 2.50 bits per heavy atom. The second kappa shape index (κ2) is 11.5. The van der Waals surface area contributed by atoms with Gasteiger partial charge in [-0.15, -0.1) is 0 Å². The maximum absolute atomic E-state index is 12.3. The van der Waals surface area contributed by atoms with Gasteiger partial charge in [0.25, 0.3) is 0 Å². The molecule has 1 aliphatic heterocycles. The molecule has 0 radical (unpaired) electrons. The lowest BCUT2D eigenvalue weighted by molar-refractivity contribution is 0.173. The van der Waals surface area contributed by atoms with Crippen LogP contribution in [-0.2, 0) is 13.1 Å². The number of carbonyl (C=O) groups excluding carboxylic acids is 1. The highest BCUT2D eigenvalue weighted by Crippen LogP contribution is 2.23. The summed E-state index contributed by atoms with van der Waals surface area (Å²) < 4.78 is 5.46. The van der Waals surface area contributed by atoms with Crippen LogP contribution in [0.5, 0.6) is 5.75 Å². The Hall–Kier alpha value is -3.58. The number of methoxy groups -OCH3 is 1. The van der Waals surface area contributed by atoms with Gasteiger partial charge in [-0.05, 0) is 54.3 Å². The summed E-state index contributed by atoms with van der Waals surface area (Å²) in [7, 11) is 1.71. The molecule has 3 aromatic rings. The van der Waals surface area contributed by atoms with Crippen LogP contribution in [0.2, 0.25) is 0 Å². The molecule has 0 bridgehead atoms. The Morgan fingerprint density at radius 1 is 0.971 bits per heavy atom. The topological polar surface area (TPSA) is 89.5 Å². The van der Waals surface area contributed by atoms with Crippen molar-refractivity contribution < 1.29 is 9.53 Å². The number of guanidine groups is 1. The standard InChI is InChI=1S/C27H33N5O2/c1-34-25-12-5-3-8-23(25)19-32-15-13-20(14-16-32)17-30-27(33)31-26(28)29-18-22-10-6-9-21-7-2-4-11-24(21)22/h2-12,20H,13-19H2,1H3,(H4,28,29,30,31,33). The molecular weight excluding hydrogens is 426 g/mol. The van der Waals surface area contributed by atoms with Gasteiger partial charge in [0.05, 0.1) is 7.11 Å². The predicted molar refractivity (Wildman–Crippen MR) is 136 cm³/mol. The first-order chi connectivity index (χ1) is 16.6. The van der Waals surface area contributed by atoms with Gasteiger partial charge in [-0.25, -0.2) is 4.79 Å². The molecule has 0 aliphatic carbocycles. The number of urea groups is 1. The highest BCUT2D eigenvalue weighted by molar-refractivity contribution is 5.94. The number of benzene rings is 3. The van der Waals surface area contributed by atoms with E-state index in [1.54, 1.807) is 7.11 Å². The molecule has 4 rings (SSSR count). The van der Waals surface area contributed by atoms with E-state index in [4.69, 9.17) is 10.1 Å². The van der Waals surface area contributed by atoms with Gasteiger partial charge in [0.2, 0.25) is 0 Å². The molecule has 1 saturated heterocycles. The monoisotopic (exact) mass is 459 g/mol. The van der Waals surface area contributed by atoms with Crippen LogP contribution < -0.4 is 20.7 Å². The average Bonchev–Trinajstić information content (AvgIpc) is 2.87. The summed E-state index contributed by atoms with van der Waals surface area (Å²) in [5, 5.41) is 18.9. The molecule has 1 heterocycles. The second-order valence-corrected chi connectivity index (χ2v) is 8.73. The van der Waals surface area contributed by atoms with Crippen LogP contribution in [0, 0.1) is 11.3 Å². The molecule has 178 valence electrons. The van der Waals surface area contributed by atoms with Gasteiger partial charge in [-0.3, -0.25) is 15.6 Å². The minimum atomic E-state index is -0.341. The predicted octanol–water partition coefficient (Wildman–Crippen LogP) is 4.08. The Labute approximate surface area is 201 Å². The lowest BCUT2D eigenvalue weighted by Gasteiger charge is -2.32. The molecule has 3 aromatic carbocycles. The number of ether oxygens (including phenoxy) is 1. The number of nitrogens with one attached hydrogen (secondary N) is 4. The van der Waals surface area contributed by atoms with E-state index in [2.05, 4.69) is 45.1 Å². The summed E-state index contributed by atoms with van der Waals surface area (Å²) >= 11 is 0. The molecule has 34 heavy (non-hydrogen) atoms. The summed E-state index contributed by atoms with van der Waals surface area (Å²) in [5.41, 5.74) is 2.29. The molecule has 0 aromatic heterocycles. The highest BCUT2D eigenvalue weighted by Gasteiger charge is 2.20. The molecule has 4 N–H and O–H groups in total. The third-order valence-corrected chi connectivity index (χ3v) is 6.42. The molecule has 0 unspecified atom stereocenters. The number of hydrogen-bond acceptors (Lipinski definition) is 4. The lowest BCUT2D eigenvalue weighted by atomic mass is 9.96. The normalized spacial score (nSPS) is 14.5. The SMILES string of the molecule is COc1ccccc1CN1CCC(CNC(=O)NC(=N)NCc2cccc3ccccc23)CC1. The van der Waals surface area contributed by atoms with Gasteiger partial charge in [0.1, 0.15) is 5.75 Å². The third kappa shape index (κ3) is 6.26. The van der Waals surface area contributed by atoms with E-state index in [0.717, 1.165) is 54.6 Å². The van der Waals surface area contributed by atoms with Crippen molar-refractivity contribution in [2.24, 2.45) is 5.92 Å². The number of para-hydroxylation sites is 1. The Kier molecular flexibility index (Phi) is 7.99. The number of hydrogen-bond donors (Lipinski definition) is 4. The van der Waals surface area contributed by atoms with Crippen LogP contribution in [0.25, 0.3) is 10.8 Å². The van der Waals surface area contributed by atoms with Gasteiger partial charge >= 0.3 is 6.03 Å².